The van der Waals surface area contributed by atoms with Gasteiger partial charge in [0.05, 0.1) is 16.4 Å². The van der Waals surface area contributed by atoms with E-state index < -0.39 is 0 Å². The number of aliphatic imine (C=N–C) groups is 1. The molecule has 1 heterocycles. The Morgan fingerprint density at radius 2 is 2.33 bits per heavy atom. The van der Waals surface area contributed by atoms with Crippen LogP contribution in [-0.2, 0) is 4.79 Å². The van der Waals surface area contributed by atoms with E-state index in [0.29, 0.717) is 5.69 Å². The first kappa shape index (κ1) is 9.77. The molecule has 0 fully saturated rings. The molecule has 15 heavy (non-hydrogen) atoms. The largest absolute Gasteiger partial charge is 0.242 e. The van der Waals surface area contributed by atoms with Gasteiger partial charge in [0.15, 0.2) is 0 Å². The van der Waals surface area contributed by atoms with Crippen LogP contribution in [0.25, 0.3) is 11.3 Å². The Morgan fingerprint density at radius 3 is 3.00 bits per heavy atom. The van der Waals surface area contributed by atoms with Crippen molar-refractivity contribution in [3.05, 3.63) is 34.7 Å². The Labute approximate surface area is 91.1 Å². The lowest BCUT2D eigenvalue weighted by molar-refractivity contribution is 0.565. The van der Waals surface area contributed by atoms with Crippen LogP contribution in [0.4, 0.5) is 5.69 Å². The fourth-order valence-electron chi connectivity index (χ4n) is 1.28. The summed E-state index contributed by atoms with van der Waals surface area (Å²) in [5.41, 5.74) is 2.49. The van der Waals surface area contributed by atoms with Gasteiger partial charge in [-0.25, -0.2) is 9.78 Å². The monoisotopic (exact) mass is 216 g/mol. The third-order valence-corrected chi connectivity index (χ3v) is 2.71. The molecule has 0 saturated carbocycles. The number of thiazole rings is 1. The van der Waals surface area contributed by atoms with E-state index in [9.17, 15) is 4.79 Å². The molecular formula is C11H8N2OS. The minimum atomic E-state index is 0.605. The van der Waals surface area contributed by atoms with Crippen molar-refractivity contribution in [3.63, 3.8) is 0 Å². The summed E-state index contributed by atoms with van der Waals surface area (Å²) in [5, 5.41) is 3.01. The predicted molar refractivity (Wildman–Crippen MR) is 60.1 cm³/mol. The van der Waals surface area contributed by atoms with Crippen molar-refractivity contribution in [2.75, 3.05) is 0 Å². The molecule has 0 aliphatic heterocycles. The molecule has 0 aliphatic carbocycles. The first-order chi connectivity index (χ1) is 7.29. The molecule has 1 aromatic heterocycles. The molecule has 0 bridgehead atoms. The van der Waals surface area contributed by atoms with Crippen molar-refractivity contribution in [3.8, 4) is 11.3 Å². The van der Waals surface area contributed by atoms with Gasteiger partial charge in [0, 0.05) is 10.9 Å². The van der Waals surface area contributed by atoms with Gasteiger partial charge in [0.25, 0.3) is 0 Å². The zero-order chi connectivity index (χ0) is 10.7. The summed E-state index contributed by atoms with van der Waals surface area (Å²) >= 11 is 1.60. The Hall–Kier alpha value is -1.77. The zero-order valence-corrected chi connectivity index (χ0v) is 8.91. The van der Waals surface area contributed by atoms with Gasteiger partial charge in [-0.3, -0.25) is 0 Å². The SMILES string of the molecule is Cc1nc(-c2cccc(N=C=O)c2)cs1. The quantitative estimate of drug-likeness (QED) is 0.571. The summed E-state index contributed by atoms with van der Waals surface area (Å²) < 4.78 is 0. The van der Waals surface area contributed by atoms with Gasteiger partial charge in [0.1, 0.15) is 0 Å². The second kappa shape index (κ2) is 4.17. The van der Waals surface area contributed by atoms with Crippen LogP contribution in [0.3, 0.4) is 0 Å². The van der Waals surface area contributed by atoms with Crippen molar-refractivity contribution < 1.29 is 4.79 Å². The van der Waals surface area contributed by atoms with E-state index in [1.165, 1.54) is 6.08 Å². The molecule has 2 aromatic rings. The minimum absolute atomic E-state index is 0.605. The Kier molecular flexibility index (Phi) is 2.72. The Bertz CT molecular complexity index is 527. The van der Waals surface area contributed by atoms with E-state index in [0.717, 1.165) is 16.3 Å². The van der Waals surface area contributed by atoms with Crippen molar-refractivity contribution in [1.82, 2.24) is 4.98 Å². The minimum Gasteiger partial charge on any atom is -0.242 e. The molecule has 0 radical (unpaired) electrons. The van der Waals surface area contributed by atoms with E-state index >= 15 is 0 Å². The number of rotatable bonds is 2. The molecule has 0 amide bonds. The van der Waals surface area contributed by atoms with Gasteiger partial charge in [-0.15, -0.1) is 11.3 Å². The third-order valence-electron chi connectivity index (χ3n) is 1.94. The second-order valence-corrected chi connectivity index (χ2v) is 4.07. The molecule has 2 rings (SSSR count). The van der Waals surface area contributed by atoms with Crippen LogP contribution in [0.15, 0.2) is 34.6 Å². The first-order valence-electron chi connectivity index (χ1n) is 4.40. The second-order valence-electron chi connectivity index (χ2n) is 3.01. The number of carbonyl (C=O) groups excluding carboxylic acids is 1. The van der Waals surface area contributed by atoms with E-state index in [-0.39, 0.29) is 0 Å². The summed E-state index contributed by atoms with van der Waals surface area (Å²) in [6.45, 7) is 1.96. The van der Waals surface area contributed by atoms with Crippen LogP contribution in [0, 0.1) is 6.92 Å². The fraction of sp³-hybridized carbons (Fsp3) is 0.0909. The standard InChI is InChI=1S/C11H8N2OS/c1-8-13-11(6-15-8)9-3-2-4-10(5-9)12-7-14/h2-6H,1H3. The number of aryl methyl sites for hydroxylation is 1. The van der Waals surface area contributed by atoms with Gasteiger partial charge >= 0.3 is 0 Å². The highest BCUT2D eigenvalue weighted by Gasteiger charge is 2.02. The number of hydrogen-bond acceptors (Lipinski definition) is 4. The Balaban J connectivity index is 2.44. The smallest absolute Gasteiger partial charge is 0.240 e. The fourth-order valence-corrected chi connectivity index (χ4v) is 1.91. The number of nitrogens with zero attached hydrogens (tertiary/aromatic N) is 2. The van der Waals surface area contributed by atoms with E-state index in [2.05, 4.69) is 9.98 Å². The van der Waals surface area contributed by atoms with Gasteiger partial charge in [0.2, 0.25) is 6.08 Å². The van der Waals surface area contributed by atoms with E-state index in [4.69, 9.17) is 0 Å². The van der Waals surface area contributed by atoms with Gasteiger partial charge < -0.3 is 0 Å². The maximum Gasteiger partial charge on any atom is 0.240 e. The molecule has 1 aromatic carbocycles. The van der Waals surface area contributed by atoms with Crippen LogP contribution in [-0.4, -0.2) is 11.1 Å². The van der Waals surface area contributed by atoms with Crippen molar-refractivity contribution in [2.24, 2.45) is 4.99 Å². The highest BCUT2D eigenvalue weighted by Crippen LogP contribution is 2.24. The van der Waals surface area contributed by atoms with E-state index in [1.807, 2.05) is 30.5 Å². The van der Waals surface area contributed by atoms with Crippen LogP contribution in [0.5, 0.6) is 0 Å². The molecule has 3 nitrogen and oxygen atoms in total. The average Bonchev–Trinajstić information content (AvgIpc) is 2.66. The van der Waals surface area contributed by atoms with Crippen molar-refractivity contribution in [2.45, 2.75) is 6.92 Å². The molecule has 0 saturated heterocycles. The maximum atomic E-state index is 10.1. The van der Waals surface area contributed by atoms with Crippen molar-refractivity contribution in [1.29, 1.82) is 0 Å². The predicted octanol–water partition coefficient (Wildman–Crippen LogP) is 3.09. The van der Waals surface area contributed by atoms with Gasteiger partial charge in [-0.1, -0.05) is 12.1 Å². The number of isocyanates is 1. The third kappa shape index (κ3) is 2.18. The van der Waals surface area contributed by atoms with Gasteiger partial charge in [-0.05, 0) is 19.1 Å². The number of aromatic nitrogens is 1. The van der Waals surface area contributed by atoms with Crippen molar-refractivity contribution >= 4 is 23.1 Å². The zero-order valence-electron chi connectivity index (χ0n) is 8.10. The lowest BCUT2D eigenvalue weighted by Crippen LogP contribution is -1.77. The topological polar surface area (TPSA) is 42.3 Å². The molecule has 0 spiro atoms. The van der Waals surface area contributed by atoms with Crippen LogP contribution < -0.4 is 0 Å². The van der Waals surface area contributed by atoms with Crippen LogP contribution >= 0.6 is 11.3 Å². The number of hydrogen-bond donors (Lipinski definition) is 0. The highest BCUT2D eigenvalue weighted by molar-refractivity contribution is 7.09. The summed E-state index contributed by atoms with van der Waals surface area (Å²) in [5.74, 6) is 0. The average molecular weight is 216 g/mol. The summed E-state index contributed by atoms with van der Waals surface area (Å²) in [7, 11) is 0. The molecule has 74 valence electrons. The molecular weight excluding hydrogens is 208 g/mol. The summed E-state index contributed by atoms with van der Waals surface area (Å²) in [4.78, 5) is 18.1. The van der Waals surface area contributed by atoms with Gasteiger partial charge in [-0.2, -0.15) is 4.99 Å². The number of benzene rings is 1. The first-order valence-corrected chi connectivity index (χ1v) is 5.28. The molecule has 0 aliphatic rings. The molecule has 0 unspecified atom stereocenters. The lowest BCUT2D eigenvalue weighted by Gasteiger charge is -1.96. The molecule has 0 atom stereocenters. The maximum absolute atomic E-state index is 10.1. The Morgan fingerprint density at radius 1 is 1.47 bits per heavy atom. The lowest BCUT2D eigenvalue weighted by atomic mass is 10.1. The summed E-state index contributed by atoms with van der Waals surface area (Å²) in [6, 6.07) is 7.37. The van der Waals surface area contributed by atoms with E-state index in [1.54, 1.807) is 17.4 Å². The normalized spacial score (nSPS) is 9.67. The summed E-state index contributed by atoms with van der Waals surface area (Å²) in [6.07, 6.45) is 1.53. The van der Waals surface area contributed by atoms with Crippen LogP contribution in [0.2, 0.25) is 0 Å². The highest BCUT2D eigenvalue weighted by atomic mass is 32.1. The van der Waals surface area contributed by atoms with Crippen LogP contribution in [0.1, 0.15) is 5.01 Å². The molecule has 4 heteroatoms. The molecule has 0 N–H and O–H groups in total.